The van der Waals surface area contributed by atoms with E-state index in [9.17, 15) is 9.18 Å². The summed E-state index contributed by atoms with van der Waals surface area (Å²) in [6.07, 6.45) is 0.455. The van der Waals surface area contributed by atoms with Gasteiger partial charge in [0.1, 0.15) is 5.82 Å². The molecule has 1 saturated heterocycles. The van der Waals surface area contributed by atoms with Crippen molar-refractivity contribution in [2.24, 2.45) is 5.92 Å². The first kappa shape index (κ1) is 11.7. The van der Waals surface area contributed by atoms with E-state index in [4.69, 9.17) is 11.6 Å². The topological polar surface area (TPSA) is 20.3 Å². The third-order valence-electron chi connectivity index (χ3n) is 2.66. The van der Waals surface area contributed by atoms with Crippen molar-refractivity contribution in [3.63, 3.8) is 0 Å². The second kappa shape index (κ2) is 4.63. The Labute approximate surface area is 104 Å². The highest BCUT2D eigenvalue weighted by molar-refractivity contribution is 7.80. The van der Waals surface area contributed by atoms with Crippen molar-refractivity contribution in [1.82, 2.24) is 0 Å². The first-order valence-corrected chi connectivity index (χ1v) is 5.99. The van der Waals surface area contributed by atoms with Crippen LogP contribution < -0.4 is 4.90 Å². The van der Waals surface area contributed by atoms with Gasteiger partial charge in [-0.15, -0.1) is 0 Å². The number of rotatable bonds is 2. The number of hydrogen-bond acceptors (Lipinski definition) is 2. The Balaban J connectivity index is 2.30. The highest BCUT2D eigenvalue weighted by Crippen LogP contribution is 2.32. The Bertz CT molecular complexity index is 426. The van der Waals surface area contributed by atoms with Gasteiger partial charge in [-0.2, -0.15) is 12.6 Å². The van der Waals surface area contributed by atoms with Crippen molar-refractivity contribution in [2.45, 2.75) is 6.42 Å². The lowest BCUT2D eigenvalue weighted by Gasteiger charge is -2.17. The zero-order chi connectivity index (χ0) is 11.7. The molecule has 1 aliphatic heterocycles. The van der Waals surface area contributed by atoms with Crippen LogP contribution in [-0.4, -0.2) is 18.2 Å². The van der Waals surface area contributed by atoms with Crippen LogP contribution in [0.3, 0.4) is 0 Å². The van der Waals surface area contributed by atoms with E-state index in [1.807, 2.05) is 0 Å². The standard InChI is InChI=1S/C11H11ClFNOS/c12-9-2-1-8(13)4-10(9)14-5-7(6-16)3-11(14)15/h1-2,4,7,16H,3,5-6H2. The van der Waals surface area contributed by atoms with Crippen LogP contribution in [0.25, 0.3) is 0 Å². The molecule has 16 heavy (non-hydrogen) atoms. The number of hydrogen-bond donors (Lipinski definition) is 1. The molecule has 1 atom stereocenters. The molecule has 0 N–H and O–H groups in total. The number of benzene rings is 1. The average molecular weight is 260 g/mol. The van der Waals surface area contributed by atoms with E-state index in [0.717, 1.165) is 0 Å². The lowest BCUT2D eigenvalue weighted by atomic mass is 10.1. The fourth-order valence-corrected chi connectivity index (χ4v) is 2.29. The summed E-state index contributed by atoms with van der Waals surface area (Å²) in [5.74, 6) is 0.457. The van der Waals surface area contributed by atoms with Crippen molar-refractivity contribution >= 4 is 35.8 Å². The second-order valence-corrected chi connectivity index (χ2v) is 4.63. The summed E-state index contributed by atoms with van der Waals surface area (Å²) in [6.45, 7) is 0.561. The summed E-state index contributed by atoms with van der Waals surface area (Å²) in [7, 11) is 0. The van der Waals surface area contributed by atoms with Crippen molar-refractivity contribution in [3.8, 4) is 0 Å². The summed E-state index contributed by atoms with van der Waals surface area (Å²) in [6, 6.07) is 4.04. The number of amides is 1. The third-order valence-corrected chi connectivity index (χ3v) is 3.50. The molecule has 1 aliphatic rings. The maximum atomic E-state index is 13.1. The van der Waals surface area contributed by atoms with Gasteiger partial charge in [-0.1, -0.05) is 11.6 Å². The van der Waals surface area contributed by atoms with Crippen molar-refractivity contribution in [1.29, 1.82) is 0 Å². The van der Waals surface area contributed by atoms with Gasteiger partial charge < -0.3 is 4.90 Å². The molecule has 1 heterocycles. The highest BCUT2D eigenvalue weighted by Gasteiger charge is 2.30. The molecule has 0 aromatic heterocycles. The second-order valence-electron chi connectivity index (χ2n) is 3.85. The molecule has 5 heteroatoms. The van der Waals surface area contributed by atoms with E-state index in [1.54, 1.807) is 0 Å². The molecule has 2 rings (SSSR count). The summed E-state index contributed by atoms with van der Waals surface area (Å²) in [5.41, 5.74) is 0.455. The molecule has 0 aliphatic carbocycles. The van der Waals surface area contributed by atoms with E-state index < -0.39 is 0 Å². The van der Waals surface area contributed by atoms with Crippen molar-refractivity contribution in [3.05, 3.63) is 29.0 Å². The summed E-state index contributed by atoms with van der Waals surface area (Å²) in [5, 5.41) is 0.398. The molecule has 1 fully saturated rings. The molecule has 1 amide bonds. The predicted octanol–water partition coefficient (Wildman–Crippen LogP) is 2.76. The number of anilines is 1. The lowest BCUT2D eigenvalue weighted by molar-refractivity contribution is -0.117. The number of nitrogens with zero attached hydrogens (tertiary/aromatic N) is 1. The largest absolute Gasteiger partial charge is 0.311 e. The highest BCUT2D eigenvalue weighted by atomic mass is 35.5. The van der Waals surface area contributed by atoms with Crippen LogP contribution in [0.1, 0.15) is 6.42 Å². The molecule has 86 valence electrons. The van der Waals surface area contributed by atoms with Gasteiger partial charge in [0.05, 0.1) is 10.7 Å². The molecular weight excluding hydrogens is 249 g/mol. The van der Waals surface area contributed by atoms with Crippen LogP contribution in [-0.2, 0) is 4.79 Å². The quantitative estimate of drug-likeness (QED) is 0.810. The van der Waals surface area contributed by atoms with E-state index in [1.165, 1.54) is 23.1 Å². The number of halogens is 2. The zero-order valence-electron chi connectivity index (χ0n) is 8.49. The van der Waals surface area contributed by atoms with E-state index in [2.05, 4.69) is 12.6 Å². The Hall–Kier alpha value is -0.740. The Morgan fingerprint density at radius 2 is 2.31 bits per heavy atom. The Morgan fingerprint density at radius 3 is 2.94 bits per heavy atom. The van der Waals surface area contributed by atoms with Gasteiger partial charge in [0, 0.05) is 13.0 Å². The molecule has 0 radical (unpaired) electrons. The monoisotopic (exact) mass is 259 g/mol. The summed E-state index contributed by atoms with van der Waals surface area (Å²) < 4.78 is 13.1. The fraction of sp³-hybridized carbons (Fsp3) is 0.364. The van der Waals surface area contributed by atoms with Crippen LogP contribution in [0, 0.1) is 11.7 Å². The smallest absolute Gasteiger partial charge is 0.227 e. The fourth-order valence-electron chi connectivity index (χ4n) is 1.83. The van der Waals surface area contributed by atoms with Crippen molar-refractivity contribution in [2.75, 3.05) is 17.2 Å². The normalized spacial score (nSPS) is 20.6. The molecule has 1 unspecified atom stereocenters. The first-order valence-electron chi connectivity index (χ1n) is 4.98. The first-order chi connectivity index (χ1) is 7.61. The number of carbonyl (C=O) groups excluding carboxylic acids is 1. The minimum atomic E-state index is -0.387. The van der Waals surface area contributed by atoms with Gasteiger partial charge in [0.2, 0.25) is 5.91 Å². The molecule has 0 bridgehead atoms. The molecule has 0 spiro atoms. The Morgan fingerprint density at radius 1 is 1.56 bits per heavy atom. The van der Waals surface area contributed by atoms with Gasteiger partial charge in [-0.25, -0.2) is 4.39 Å². The average Bonchev–Trinajstić information content (AvgIpc) is 2.63. The molecule has 2 nitrogen and oxygen atoms in total. The molecular formula is C11H11ClFNOS. The van der Waals surface area contributed by atoms with Gasteiger partial charge in [-0.05, 0) is 29.9 Å². The molecule has 1 aromatic carbocycles. The minimum Gasteiger partial charge on any atom is -0.311 e. The number of carbonyl (C=O) groups is 1. The predicted molar refractivity (Wildman–Crippen MR) is 65.7 cm³/mol. The van der Waals surface area contributed by atoms with Gasteiger partial charge in [-0.3, -0.25) is 4.79 Å². The summed E-state index contributed by atoms with van der Waals surface area (Å²) in [4.78, 5) is 13.3. The maximum absolute atomic E-state index is 13.1. The van der Waals surface area contributed by atoms with E-state index in [0.29, 0.717) is 29.4 Å². The SMILES string of the molecule is O=C1CC(CS)CN1c1cc(F)ccc1Cl. The van der Waals surface area contributed by atoms with Crippen molar-refractivity contribution < 1.29 is 9.18 Å². The van der Waals surface area contributed by atoms with E-state index in [-0.39, 0.29) is 17.6 Å². The Kier molecular flexibility index (Phi) is 3.40. The van der Waals surface area contributed by atoms with Crippen LogP contribution in [0.2, 0.25) is 5.02 Å². The molecule has 1 aromatic rings. The summed E-state index contributed by atoms with van der Waals surface area (Å²) >= 11 is 10.1. The van der Waals surface area contributed by atoms with Crippen LogP contribution >= 0.6 is 24.2 Å². The van der Waals surface area contributed by atoms with Crippen LogP contribution in [0.15, 0.2) is 18.2 Å². The third kappa shape index (κ3) is 2.18. The van der Waals surface area contributed by atoms with Gasteiger partial charge in [0.15, 0.2) is 0 Å². The maximum Gasteiger partial charge on any atom is 0.227 e. The lowest BCUT2D eigenvalue weighted by Crippen LogP contribution is -2.25. The van der Waals surface area contributed by atoms with Gasteiger partial charge in [0.25, 0.3) is 0 Å². The van der Waals surface area contributed by atoms with Crippen LogP contribution in [0.5, 0.6) is 0 Å². The minimum absolute atomic E-state index is 0.0217. The zero-order valence-corrected chi connectivity index (χ0v) is 10.1. The van der Waals surface area contributed by atoms with Gasteiger partial charge >= 0.3 is 0 Å². The van der Waals surface area contributed by atoms with E-state index >= 15 is 0 Å². The van der Waals surface area contributed by atoms with Crippen LogP contribution in [0.4, 0.5) is 10.1 Å². The number of thiol groups is 1. The molecule has 0 saturated carbocycles.